The minimum Gasteiger partial charge on any atom is -0.368 e. The fourth-order valence-electron chi connectivity index (χ4n) is 4.09. The third-order valence-electron chi connectivity index (χ3n) is 5.83. The van der Waals surface area contributed by atoms with Crippen LogP contribution in [-0.2, 0) is 10.3 Å². The van der Waals surface area contributed by atoms with E-state index in [2.05, 4.69) is 72.9 Å². The molecule has 1 aliphatic rings. The second-order valence-corrected chi connectivity index (χ2v) is 7.36. The van der Waals surface area contributed by atoms with Crippen molar-refractivity contribution in [2.24, 2.45) is 11.8 Å². The first-order chi connectivity index (χ1) is 12.3. The highest BCUT2D eigenvalue weighted by molar-refractivity contribution is 8.93. The summed E-state index contributed by atoms with van der Waals surface area (Å²) >= 11 is 0. The average molecular weight is 418 g/mol. The number of rotatable bonds is 9. The van der Waals surface area contributed by atoms with Crippen molar-refractivity contribution in [2.45, 2.75) is 38.2 Å². The van der Waals surface area contributed by atoms with Crippen LogP contribution in [0, 0.1) is 11.8 Å². The highest BCUT2D eigenvalue weighted by atomic mass is 79.9. The molecule has 2 nitrogen and oxygen atoms in total. The van der Waals surface area contributed by atoms with Crippen molar-refractivity contribution in [3.8, 4) is 0 Å². The summed E-state index contributed by atoms with van der Waals surface area (Å²) in [6.07, 6.45) is 5.58. The van der Waals surface area contributed by atoms with Crippen molar-refractivity contribution in [1.82, 2.24) is 5.32 Å². The largest absolute Gasteiger partial charge is 0.368 e. The van der Waals surface area contributed by atoms with Crippen LogP contribution in [0.4, 0.5) is 0 Å². The quantitative estimate of drug-likeness (QED) is 0.538. The van der Waals surface area contributed by atoms with Gasteiger partial charge in [-0.05, 0) is 30.0 Å². The number of benzene rings is 2. The van der Waals surface area contributed by atoms with Crippen LogP contribution < -0.4 is 5.32 Å². The van der Waals surface area contributed by atoms with E-state index in [1.165, 1.54) is 36.8 Å². The zero-order valence-electron chi connectivity index (χ0n) is 16.0. The number of hydrogen-bond acceptors (Lipinski definition) is 2. The summed E-state index contributed by atoms with van der Waals surface area (Å²) in [6, 6.07) is 21.3. The van der Waals surface area contributed by atoms with E-state index >= 15 is 0 Å². The normalized spacial score (nSPS) is 15.8. The Labute approximate surface area is 169 Å². The number of methoxy groups -OCH3 is 1. The lowest BCUT2D eigenvalue weighted by atomic mass is 9.76. The summed E-state index contributed by atoms with van der Waals surface area (Å²) in [5, 5.41) is 3.68. The van der Waals surface area contributed by atoms with E-state index < -0.39 is 5.60 Å². The second-order valence-electron chi connectivity index (χ2n) is 7.36. The standard InChI is InChI=1S/C23H31NO.BrH/c1-19(18-24-17-16-20-10-9-11-20)23(25-2,21-12-5-3-6-13-21)22-14-7-4-8-15-22;/h3-8,12-15,19-20,24H,9-11,16-18H2,1-2H3;1H. The lowest BCUT2D eigenvalue weighted by molar-refractivity contribution is -0.0231. The van der Waals surface area contributed by atoms with Crippen molar-refractivity contribution >= 4 is 17.0 Å². The van der Waals surface area contributed by atoms with E-state index in [0.717, 1.165) is 19.0 Å². The smallest absolute Gasteiger partial charge is 0.121 e. The second kappa shape index (κ2) is 10.2. The fraction of sp³-hybridized carbons (Fsp3) is 0.478. The van der Waals surface area contributed by atoms with E-state index in [-0.39, 0.29) is 17.0 Å². The minimum absolute atomic E-state index is 0. The summed E-state index contributed by atoms with van der Waals surface area (Å²) < 4.78 is 6.24. The van der Waals surface area contributed by atoms with Crippen LogP contribution in [0.2, 0.25) is 0 Å². The van der Waals surface area contributed by atoms with Gasteiger partial charge in [-0.15, -0.1) is 17.0 Å². The third kappa shape index (κ3) is 4.57. The van der Waals surface area contributed by atoms with Gasteiger partial charge >= 0.3 is 0 Å². The molecule has 142 valence electrons. The van der Waals surface area contributed by atoms with Gasteiger partial charge in [-0.3, -0.25) is 0 Å². The Balaban J connectivity index is 0.00000243. The molecule has 1 aliphatic carbocycles. The van der Waals surface area contributed by atoms with Crippen molar-refractivity contribution in [2.75, 3.05) is 20.2 Å². The first-order valence-electron chi connectivity index (χ1n) is 9.64. The number of nitrogens with one attached hydrogen (secondary N) is 1. The molecule has 3 heteroatoms. The van der Waals surface area contributed by atoms with Gasteiger partial charge in [0.25, 0.3) is 0 Å². The van der Waals surface area contributed by atoms with Crippen molar-refractivity contribution in [3.05, 3.63) is 71.8 Å². The summed E-state index contributed by atoms with van der Waals surface area (Å²) in [4.78, 5) is 0. The zero-order valence-corrected chi connectivity index (χ0v) is 17.7. The maximum Gasteiger partial charge on any atom is 0.121 e. The predicted molar refractivity (Wildman–Crippen MR) is 115 cm³/mol. The molecule has 26 heavy (non-hydrogen) atoms. The molecule has 1 atom stereocenters. The molecule has 0 amide bonds. The molecular weight excluding hydrogens is 386 g/mol. The molecule has 1 unspecified atom stereocenters. The van der Waals surface area contributed by atoms with E-state index in [1.54, 1.807) is 0 Å². The molecule has 0 heterocycles. The Morgan fingerprint density at radius 2 is 1.54 bits per heavy atom. The molecule has 0 aliphatic heterocycles. The molecule has 1 saturated carbocycles. The van der Waals surface area contributed by atoms with Gasteiger partial charge in [0.1, 0.15) is 5.60 Å². The van der Waals surface area contributed by atoms with Crippen LogP contribution in [0.3, 0.4) is 0 Å². The maximum absolute atomic E-state index is 6.24. The van der Waals surface area contributed by atoms with E-state index in [0.29, 0.717) is 5.92 Å². The lowest BCUT2D eigenvalue weighted by Crippen LogP contribution is -2.42. The minimum atomic E-state index is -0.425. The Bertz CT molecular complexity index is 588. The molecule has 0 aromatic heterocycles. The molecular formula is C23H32BrNO. The Morgan fingerprint density at radius 1 is 1.00 bits per heavy atom. The fourth-order valence-corrected chi connectivity index (χ4v) is 4.09. The van der Waals surface area contributed by atoms with Gasteiger partial charge in [0, 0.05) is 19.6 Å². The van der Waals surface area contributed by atoms with Crippen LogP contribution in [0.5, 0.6) is 0 Å². The number of halogens is 1. The molecule has 1 fully saturated rings. The van der Waals surface area contributed by atoms with Crippen LogP contribution >= 0.6 is 17.0 Å². The maximum atomic E-state index is 6.24. The van der Waals surface area contributed by atoms with E-state index in [4.69, 9.17) is 4.74 Å². The monoisotopic (exact) mass is 417 g/mol. The topological polar surface area (TPSA) is 21.3 Å². The molecule has 1 N–H and O–H groups in total. The molecule has 0 radical (unpaired) electrons. The Kier molecular flexibility index (Phi) is 8.33. The third-order valence-corrected chi connectivity index (χ3v) is 5.83. The van der Waals surface area contributed by atoms with E-state index in [9.17, 15) is 0 Å². The average Bonchev–Trinajstić information content (AvgIpc) is 2.63. The summed E-state index contributed by atoms with van der Waals surface area (Å²) in [6.45, 7) is 4.35. The molecule has 0 bridgehead atoms. The van der Waals surface area contributed by atoms with Gasteiger partial charge < -0.3 is 10.1 Å². The predicted octanol–water partition coefficient (Wildman–Crippen LogP) is 5.57. The molecule has 2 aromatic carbocycles. The van der Waals surface area contributed by atoms with Crippen LogP contribution in [0.15, 0.2) is 60.7 Å². The van der Waals surface area contributed by atoms with Crippen LogP contribution in [-0.4, -0.2) is 20.2 Å². The van der Waals surface area contributed by atoms with Gasteiger partial charge in [0.2, 0.25) is 0 Å². The van der Waals surface area contributed by atoms with Crippen molar-refractivity contribution in [1.29, 1.82) is 0 Å². The first-order valence-corrected chi connectivity index (χ1v) is 9.64. The number of ether oxygens (including phenoxy) is 1. The molecule has 0 saturated heterocycles. The highest BCUT2D eigenvalue weighted by Gasteiger charge is 2.39. The van der Waals surface area contributed by atoms with Gasteiger partial charge in [0.05, 0.1) is 0 Å². The van der Waals surface area contributed by atoms with Crippen molar-refractivity contribution < 1.29 is 4.74 Å². The highest BCUT2D eigenvalue weighted by Crippen LogP contribution is 2.40. The summed E-state index contributed by atoms with van der Waals surface area (Å²) in [5.41, 5.74) is 2.01. The zero-order chi connectivity index (χ0) is 17.5. The Morgan fingerprint density at radius 3 is 1.96 bits per heavy atom. The SMILES string of the molecule is Br.COC(c1ccccc1)(c1ccccc1)C(C)CNCCC1CCC1. The van der Waals surface area contributed by atoms with Crippen LogP contribution in [0.1, 0.15) is 43.7 Å². The number of hydrogen-bond donors (Lipinski definition) is 1. The van der Waals surface area contributed by atoms with Gasteiger partial charge in [-0.25, -0.2) is 0 Å². The van der Waals surface area contributed by atoms with Crippen LogP contribution in [0.25, 0.3) is 0 Å². The Hall–Kier alpha value is -1.16. The van der Waals surface area contributed by atoms with E-state index in [1.807, 2.05) is 7.11 Å². The van der Waals surface area contributed by atoms with Crippen molar-refractivity contribution in [3.63, 3.8) is 0 Å². The molecule has 0 spiro atoms. The summed E-state index contributed by atoms with van der Waals surface area (Å²) in [5.74, 6) is 1.28. The first kappa shape index (κ1) is 21.1. The van der Waals surface area contributed by atoms with Gasteiger partial charge in [-0.1, -0.05) is 86.8 Å². The molecule has 2 aromatic rings. The molecule has 3 rings (SSSR count). The van der Waals surface area contributed by atoms with Gasteiger partial charge in [0.15, 0.2) is 0 Å². The summed E-state index contributed by atoms with van der Waals surface area (Å²) in [7, 11) is 1.84. The lowest BCUT2D eigenvalue weighted by Gasteiger charge is -2.39. The van der Waals surface area contributed by atoms with Gasteiger partial charge in [-0.2, -0.15) is 0 Å².